The Morgan fingerprint density at radius 2 is 1.91 bits per heavy atom. The molecule has 0 unspecified atom stereocenters. The van der Waals surface area contributed by atoms with E-state index in [9.17, 15) is 5.11 Å². The Balaban J connectivity index is 1.98. The van der Waals surface area contributed by atoms with Gasteiger partial charge in [-0.15, -0.1) is 0 Å². The fraction of sp³-hybridized carbons (Fsp3) is 0.368. The Bertz CT molecular complexity index is 658. The van der Waals surface area contributed by atoms with Gasteiger partial charge in [-0.1, -0.05) is 47.1 Å². The maximum Gasteiger partial charge on any atom is 0.0608 e. The minimum absolute atomic E-state index is 0.00675. The first kappa shape index (κ1) is 18.3. The van der Waals surface area contributed by atoms with Gasteiger partial charge in [0.25, 0.3) is 0 Å². The lowest BCUT2D eigenvalue weighted by molar-refractivity contribution is 0.198. The van der Waals surface area contributed by atoms with Crippen molar-refractivity contribution in [2.75, 3.05) is 6.61 Å². The lowest BCUT2D eigenvalue weighted by atomic mass is 9.95. The molecule has 23 heavy (non-hydrogen) atoms. The zero-order chi connectivity index (χ0) is 16.9. The van der Waals surface area contributed by atoms with Gasteiger partial charge >= 0.3 is 0 Å². The van der Waals surface area contributed by atoms with Crippen LogP contribution in [0.15, 0.2) is 52.3 Å². The van der Waals surface area contributed by atoms with Crippen LogP contribution in [0.3, 0.4) is 0 Å². The third-order valence-electron chi connectivity index (χ3n) is 3.80. The summed E-state index contributed by atoms with van der Waals surface area (Å²) in [5, 5.41) is 9.98. The molecule has 0 aromatic heterocycles. The molecule has 3 N–H and O–H groups in total. The lowest BCUT2D eigenvalue weighted by Gasteiger charge is -2.21. The van der Waals surface area contributed by atoms with Crippen molar-refractivity contribution in [3.05, 3.63) is 58.6 Å². The number of aliphatic hydroxyl groups excluding tert-OH is 1. The summed E-state index contributed by atoms with van der Waals surface area (Å²) in [5.74, 6) is 0. The fourth-order valence-electron chi connectivity index (χ4n) is 2.37. The molecule has 2 aromatic carbocycles. The average molecular weight is 350 g/mol. The Hall–Kier alpha value is -1.00. The summed E-state index contributed by atoms with van der Waals surface area (Å²) in [5.41, 5.74) is 7.84. The van der Waals surface area contributed by atoms with Crippen LogP contribution >= 0.6 is 23.4 Å². The van der Waals surface area contributed by atoms with Crippen molar-refractivity contribution >= 4 is 23.4 Å². The normalized spacial score (nSPS) is 13.8. The minimum atomic E-state index is -0.507. The van der Waals surface area contributed by atoms with Gasteiger partial charge in [-0.3, -0.25) is 0 Å². The number of hydrogen-bond acceptors (Lipinski definition) is 3. The van der Waals surface area contributed by atoms with Crippen LogP contribution in [0.25, 0.3) is 0 Å². The predicted molar refractivity (Wildman–Crippen MR) is 99.4 cm³/mol. The average Bonchev–Trinajstić information content (AvgIpc) is 2.49. The largest absolute Gasteiger partial charge is 0.394 e. The molecular formula is C19H24ClNOS. The predicted octanol–water partition coefficient (Wildman–Crippen LogP) is 4.83. The van der Waals surface area contributed by atoms with Crippen molar-refractivity contribution in [2.45, 2.75) is 48.4 Å². The molecule has 0 saturated heterocycles. The standard InChI is InChI=1S/C19H24ClNOS/c1-14-5-3-7-16(11-14)23-17-9-8-15(18(20)12-17)6-4-10-19(2,21)13-22/h3,5,7-9,11-12,22H,4,6,10,13,21H2,1-2H3/t19-/m1/s1. The van der Waals surface area contributed by atoms with Gasteiger partial charge in [-0.05, 0) is 62.9 Å². The van der Waals surface area contributed by atoms with Crippen molar-refractivity contribution in [3.63, 3.8) is 0 Å². The highest BCUT2D eigenvalue weighted by Gasteiger charge is 2.16. The van der Waals surface area contributed by atoms with Gasteiger partial charge in [0.15, 0.2) is 0 Å². The van der Waals surface area contributed by atoms with Crippen LogP contribution in [0.4, 0.5) is 0 Å². The van der Waals surface area contributed by atoms with Crippen molar-refractivity contribution in [2.24, 2.45) is 5.73 Å². The van der Waals surface area contributed by atoms with E-state index in [2.05, 4.69) is 43.3 Å². The maximum atomic E-state index is 9.19. The highest BCUT2D eigenvalue weighted by atomic mass is 35.5. The second kappa shape index (κ2) is 8.20. The van der Waals surface area contributed by atoms with E-state index in [4.69, 9.17) is 17.3 Å². The number of aliphatic hydroxyl groups is 1. The molecule has 0 heterocycles. The lowest BCUT2D eigenvalue weighted by Crippen LogP contribution is -2.40. The van der Waals surface area contributed by atoms with Crippen LogP contribution in [0.5, 0.6) is 0 Å². The first-order valence-electron chi connectivity index (χ1n) is 7.82. The van der Waals surface area contributed by atoms with E-state index in [1.165, 1.54) is 10.5 Å². The molecule has 0 spiro atoms. The first-order chi connectivity index (χ1) is 10.9. The van der Waals surface area contributed by atoms with E-state index in [0.29, 0.717) is 0 Å². The molecule has 0 aliphatic carbocycles. The summed E-state index contributed by atoms with van der Waals surface area (Å²) >= 11 is 8.14. The molecule has 0 bridgehead atoms. The van der Waals surface area contributed by atoms with Gasteiger partial charge in [0.2, 0.25) is 0 Å². The van der Waals surface area contributed by atoms with Gasteiger partial charge in [-0.25, -0.2) is 0 Å². The molecule has 2 rings (SSSR count). The number of benzene rings is 2. The van der Waals surface area contributed by atoms with Gasteiger partial charge in [-0.2, -0.15) is 0 Å². The summed E-state index contributed by atoms with van der Waals surface area (Å²) < 4.78 is 0. The van der Waals surface area contributed by atoms with E-state index in [1.54, 1.807) is 11.8 Å². The monoisotopic (exact) mass is 349 g/mol. The molecule has 0 aliphatic rings. The number of aryl methyl sites for hydroxylation is 2. The third-order valence-corrected chi connectivity index (χ3v) is 5.14. The Morgan fingerprint density at radius 1 is 1.17 bits per heavy atom. The molecule has 0 aliphatic heterocycles. The number of rotatable bonds is 7. The number of nitrogens with two attached hydrogens (primary N) is 1. The summed E-state index contributed by atoms with van der Waals surface area (Å²) in [6.45, 7) is 3.97. The summed E-state index contributed by atoms with van der Waals surface area (Å²) in [6, 6.07) is 14.7. The second-order valence-electron chi connectivity index (χ2n) is 6.34. The quantitative estimate of drug-likeness (QED) is 0.752. The van der Waals surface area contributed by atoms with Crippen molar-refractivity contribution in [1.82, 2.24) is 0 Å². The van der Waals surface area contributed by atoms with E-state index in [0.717, 1.165) is 34.7 Å². The molecule has 0 saturated carbocycles. The van der Waals surface area contributed by atoms with E-state index >= 15 is 0 Å². The molecule has 124 valence electrons. The second-order valence-corrected chi connectivity index (χ2v) is 7.89. The van der Waals surface area contributed by atoms with Crippen LogP contribution in [-0.2, 0) is 6.42 Å². The molecule has 0 radical (unpaired) electrons. The van der Waals surface area contributed by atoms with Crippen LogP contribution in [-0.4, -0.2) is 17.3 Å². The molecule has 2 nitrogen and oxygen atoms in total. The highest BCUT2D eigenvalue weighted by molar-refractivity contribution is 7.99. The van der Waals surface area contributed by atoms with Crippen molar-refractivity contribution < 1.29 is 5.11 Å². The molecular weight excluding hydrogens is 326 g/mol. The van der Waals surface area contributed by atoms with Crippen LogP contribution < -0.4 is 5.73 Å². The Labute approximate surface area is 148 Å². The zero-order valence-corrected chi connectivity index (χ0v) is 15.3. The van der Waals surface area contributed by atoms with Gasteiger partial charge in [0.05, 0.1) is 6.61 Å². The van der Waals surface area contributed by atoms with E-state index < -0.39 is 5.54 Å². The topological polar surface area (TPSA) is 46.2 Å². The molecule has 0 fully saturated rings. The molecule has 2 aromatic rings. The zero-order valence-electron chi connectivity index (χ0n) is 13.7. The fourth-order valence-corrected chi connectivity index (χ4v) is 3.69. The molecule has 1 atom stereocenters. The molecule has 0 amide bonds. The summed E-state index contributed by atoms with van der Waals surface area (Å²) in [4.78, 5) is 2.36. The maximum absolute atomic E-state index is 9.19. The number of halogens is 1. The van der Waals surface area contributed by atoms with Gasteiger partial charge < -0.3 is 10.8 Å². The van der Waals surface area contributed by atoms with Crippen molar-refractivity contribution in [1.29, 1.82) is 0 Å². The first-order valence-corrected chi connectivity index (χ1v) is 9.02. The van der Waals surface area contributed by atoms with Gasteiger partial charge in [0.1, 0.15) is 0 Å². The molecule has 4 heteroatoms. The Kier molecular flexibility index (Phi) is 6.54. The smallest absolute Gasteiger partial charge is 0.0608 e. The Morgan fingerprint density at radius 3 is 2.57 bits per heavy atom. The highest BCUT2D eigenvalue weighted by Crippen LogP contribution is 2.31. The minimum Gasteiger partial charge on any atom is -0.394 e. The van der Waals surface area contributed by atoms with Crippen molar-refractivity contribution in [3.8, 4) is 0 Å². The van der Waals surface area contributed by atoms with Crippen LogP contribution in [0, 0.1) is 6.92 Å². The third kappa shape index (κ3) is 5.85. The van der Waals surface area contributed by atoms with Crippen LogP contribution in [0.2, 0.25) is 5.02 Å². The van der Waals surface area contributed by atoms with Gasteiger partial charge in [0, 0.05) is 20.4 Å². The van der Waals surface area contributed by atoms with E-state index in [1.807, 2.05) is 13.0 Å². The van der Waals surface area contributed by atoms with E-state index in [-0.39, 0.29) is 6.61 Å². The number of hydrogen-bond donors (Lipinski definition) is 2. The van der Waals surface area contributed by atoms with Crippen LogP contribution in [0.1, 0.15) is 30.9 Å². The SMILES string of the molecule is Cc1cccc(Sc2ccc(CCC[C@@](C)(N)CO)c(Cl)c2)c1. The summed E-state index contributed by atoms with van der Waals surface area (Å²) in [7, 11) is 0. The summed E-state index contributed by atoms with van der Waals surface area (Å²) in [6.07, 6.45) is 2.57.